The molecule has 2 aromatic carbocycles. The highest BCUT2D eigenvalue weighted by Gasteiger charge is 2.36. The molecular weight excluding hydrogens is 670 g/mol. The molecule has 0 spiro atoms. The van der Waals surface area contributed by atoms with Crippen LogP contribution in [0.15, 0.2) is 46.9 Å². The molecule has 0 bridgehead atoms. The Balaban J connectivity index is 1.08. The highest BCUT2D eigenvalue weighted by atomic mass is 79.9. The average molecular weight is 713 g/mol. The molecule has 4 heterocycles. The number of amides is 4. The maximum absolute atomic E-state index is 13.9. The van der Waals surface area contributed by atoms with Crippen LogP contribution in [0.25, 0.3) is 0 Å². The molecule has 1 N–H and O–H groups in total. The van der Waals surface area contributed by atoms with E-state index in [9.17, 15) is 19.2 Å². The SMILES string of the molecule is O=COc1ccc(C[C@@H](OC(=O)N2CCC(N3CCc4ccccc4NC3=O)CC2)C(=O)N2CCN(C3CCOCC3)CC2)cc1Br. The number of carbonyl (C=O) groups excluding carboxylic acids is 4. The fourth-order valence-electron chi connectivity index (χ4n) is 7.07. The number of halogens is 1. The third kappa shape index (κ3) is 8.07. The van der Waals surface area contributed by atoms with E-state index in [1.807, 2.05) is 29.2 Å². The first-order chi connectivity index (χ1) is 22.9. The number of hydrogen-bond donors (Lipinski definition) is 1. The van der Waals surface area contributed by atoms with Gasteiger partial charge in [-0.25, -0.2) is 9.59 Å². The Hall–Kier alpha value is -3.68. The highest BCUT2D eigenvalue weighted by molar-refractivity contribution is 9.10. The number of piperazine rings is 1. The molecule has 3 fully saturated rings. The van der Waals surface area contributed by atoms with E-state index in [0.717, 1.165) is 62.4 Å². The van der Waals surface area contributed by atoms with Crippen molar-refractivity contribution >= 4 is 46.1 Å². The number of nitrogens with one attached hydrogen (secondary N) is 1. The lowest BCUT2D eigenvalue weighted by atomic mass is 10.0. The lowest BCUT2D eigenvalue weighted by Gasteiger charge is -2.41. The molecule has 4 aliphatic heterocycles. The summed E-state index contributed by atoms with van der Waals surface area (Å²) in [4.78, 5) is 59.2. The number of likely N-dealkylation sites (tertiary alicyclic amines) is 1. The quantitative estimate of drug-likeness (QED) is 0.410. The number of para-hydroxylation sites is 1. The van der Waals surface area contributed by atoms with Gasteiger partial charge in [-0.2, -0.15) is 0 Å². The maximum atomic E-state index is 13.9. The number of hydrogen-bond acceptors (Lipinski definition) is 8. The Morgan fingerprint density at radius 2 is 1.68 bits per heavy atom. The van der Waals surface area contributed by atoms with Crippen LogP contribution in [-0.4, -0.2) is 121 Å². The number of nitrogens with zero attached hydrogens (tertiary/aromatic N) is 4. The Morgan fingerprint density at radius 3 is 2.40 bits per heavy atom. The van der Waals surface area contributed by atoms with E-state index in [1.54, 1.807) is 28.0 Å². The number of piperidine rings is 1. The molecule has 12 nitrogen and oxygen atoms in total. The molecule has 0 saturated carbocycles. The summed E-state index contributed by atoms with van der Waals surface area (Å²) in [6.07, 6.45) is 2.63. The third-order valence-corrected chi connectivity index (χ3v) is 10.4. The van der Waals surface area contributed by atoms with Crippen molar-refractivity contribution < 1.29 is 33.4 Å². The van der Waals surface area contributed by atoms with Crippen molar-refractivity contribution in [3.8, 4) is 5.75 Å². The minimum atomic E-state index is -1.02. The summed E-state index contributed by atoms with van der Waals surface area (Å²) in [5, 5.41) is 3.03. The van der Waals surface area contributed by atoms with Crippen LogP contribution in [0.4, 0.5) is 15.3 Å². The van der Waals surface area contributed by atoms with E-state index in [-0.39, 0.29) is 24.4 Å². The first-order valence-electron chi connectivity index (χ1n) is 16.5. The van der Waals surface area contributed by atoms with E-state index >= 15 is 0 Å². The molecule has 3 saturated heterocycles. The normalized spacial score (nSPS) is 20.5. The van der Waals surface area contributed by atoms with Crippen molar-refractivity contribution in [2.24, 2.45) is 0 Å². The van der Waals surface area contributed by atoms with Crippen LogP contribution in [-0.2, 0) is 31.9 Å². The van der Waals surface area contributed by atoms with Gasteiger partial charge in [-0.05, 0) is 77.4 Å². The Bertz CT molecular complexity index is 1440. The second kappa shape index (κ2) is 15.5. The predicted molar refractivity (Wildman–Crippen MR) is 177 cm³/mol. The van der Waals surface area contributed by atoms with E-state index in [2.05, 4.69) is 26.1 Å². The van der Waals surface area contributed by atoms with Gasteiger partial charge in [0.1, 0.15) is 5.75 Å². The third-order valence-electron chi connectivity index (χ3n) is 9.75. The molecule has 13 heteroatoms. The number of ether oxygens (including phenoxy) is 3. The zero-order valence-corrected chi connectivity index (χ0v) is 28.1. The maximum Gasteiger partial charge on any atom is 0.410 e. The van der Waals surface area contributed by atoms with Gasteiger partial charge in [0, 0.05) is 83.2 Å². The van der Waals surface area contributed by atoms with Crippen molar-refractivity contribution in [1.29, 1.82) is 0 Å². The van der Waals surface area contributed by atoms with Crippen molar-refractivity contribution in [3.63, 3.8) is 0 Å². The van der Waals surface area contributed by atoms with E-state index in [1.165, 1.54) is 0 Å². The summed E-state index contributed by atoms with van der Waals surface area (Å²) < 4.78 is 17.1. The van der Waals surface area contributed by atoms with Crippen molar-refractivity contribution in [1.82, 2.24) is 19.6 Å². The number of rotatable bonds is 8. The van der Waals surface area contributed by atoms with Crippen molar-refractivity contribution in [2.75, 3.05) is 64.3 Å². The summed E-state index contributed by atoms with van der Waals surface area (Å²) in [5.41, 5.74) is 2.72. The van der Waals surface area contributed by atoms with Crippen LogP contribution in [0, 0.1) is 0 Å². The van der Waals surface area contributed by atoms with E-state index in [0.29, 0.717) is 68.3 Å². The molecule has 1 atom stereocenters. The highest BCUT2D eigenvalue weighted by Crippen LogP contribution is 2.28. The lowest BCUT2D eigenvalue weighted by molar-refractivity contribution is -0.143. The molecule has 6 rings (SSSR count). The van der Waals surface area contributed by atoms with Gasteiger partial charge < -0.3 is 34.2 Å². The zero-order chi connectivity index (χ0) is 32.8. The number of urea groups is 1. The fraction of sp³-hybridized carbons (Fsp3) is 0.529. The largest absolute Gasteiger partial charge is 0.436 e. The summed E-state index contributed by atoms with van der Waals surface area (Å²) in [6.45, 7) is 6.02. The van der Waals surface area contributed by atoms with Gasteiger partial charge in [-0.15, -0.1) is 0 Å². The minimum Gasteiger partial charge on any atom is -0.436 e. The zero-order valence-electron chi connectivity index (χ0n) is 26.5. The first-order valence-corrected chi connectivity index (χ1v) is 17.3. The minimum absolute atomic E-state index is 0.00210. The molecule has 0 aliphatic carbocycles. The fourth-order valence-corrected chi connectivity index (χ4v) is 7.59. The molecule has 252 valence electrons. The van der Waals surface area contributed by atoms with Gasteiger partial charge in [0.25, 0.3) is 12.4 Å². The standard InChI is InChI=1S/C34H42BrN5O7/c35-28-21-24(5-6-30(28)46-23-41)22-31(32(42)38-17-15-37(16-18-38)26-10-19-45-20-11-26)47-34(44)39-12-8-27(9-13-39)40-14-7-25-3-1-2-4-29(25)36-33(40)43/h1-6,21,23,26-27,31H,7-20,22H2,(H,36,43)/t31-/m1/s1. The number of fused-ring (bicyclic) bond motifs is 1. The van der Waals surface area contributed by atoms with Crippen LogP contribution in [0.1, 0.15) is 36.8 Å². The Labute approximate surface area is 283 Å². The van der Waals surface area contributed by atoms with Crippen LogP contribution < -0.4 is 10.1 Å². The van der Waals surface area contributed by atoms with Gasteiger partial charge in [-0.1, -0.05) is 24.3 Å². The molecule has 0 aromatic heterocycles. The monoisotopic (exact) mass is 711 g/mol. The smallest absolute Gasteiger partial charge is 0.410 e. The van der Waals surface area contributed by atoms with Crippen LogP contribution in [0.3, 0.4) is 0 Å². The van der Waals surface area contributed by atoms with Crippen molar-refractivity contribution in [2.45, 2.75) is 56.7 Å². The second-order valence-electron chi connectivity index (χ2n) is 12.5. The summed E-state index contributed by atoms with van der Waals surface area (Å²) in [6, 6.07) is 13.4. The summed E-state index contributed by atoms with van der Waals surface area (Å²) >= 11 is 3.42. The van der Waals surface area contributed by atoms with Gasteiger partial charge >= 0.3 is 12.1 Å². The average Bonchev–Trinajstić information content (AvgIpc) is 3.27. The predicted octanol–water partition coefficient (Wildman–Crippen LogP) is 3.91. The van der Waals surface area contributed by atoms with Gasteiger partial charge in [-0.3, -0.25) is 14.5 Å². The lowest BCUT2D eigenvalue weighted by Crippen LogP contribution is -2.56. The molecular formula is C34H42BrN5O7. The molecule has 4 aliphatic rings. The van der Waals surface area contributed by atoms with Gasteiger partial charge in [0.2, 0.25) is 0 Å². The molecule has 0 radical (unpaired) electrons. The van der Waals surface area contributed by atoms with Crippen LogP contribution in [0.5, 0.6) is 5.75 Å². The number of anilines is 1. The van der Waals surface area contributed by atoms with Crippen LogP contribution >= 0.6 is 15.9 Å². The molecule has 4 amide bonds. The van der Waals surface area contributed by atoms with Crippen molar-refractivity contribution in [3.05, 3.63) is 58.1 Å². The first kappa shape index (κ1) is 33.2. The van der Waals surface area contributed by atoms with E-state index in [4.69, 9.17) is 14.2 Å². The van der Waals surface area contributed by atoms with Gasteiger partial charge in [0.05, 0.1) is 4.47 Å². The molecule has 0 unspecified atom stereocenters. The summed E-state index contributed by atoms with van der Waals surface area (Å²) in [5.74, 6) is 0.141. The molecule has 47 heavy (non-hydrogen) atoms. The number of carbonyl (C=O) groups is 4. The topological polar surface area (TPSA) is 121 Å². The van der Waals surface area contributed by atoms with Crippen LogP contribution in [0.2, 0.25) is 0 Å². The number of benzene rings is 2. The molecule has 2 aromatic rings. The Kier molecular flexibility index (Phi) is 10.9. The van der Waals surface area contributed by atoms with Gasteiger partial charge in [0.15, 0.2) is 6.10 Å². The summed E-state index contributed by atoms with van der Waals surface area (Å²) in [7, 11) is 0. The second-order valence-corrected chi connectivity index (χ2v) is 13.4. The van der Waals surface area contributed by atoms with E-state index < -0.39 is 12.2 Å². The Morgan fingerprint density at radius 1 is 0.936 bits per heavy atom.